The highest BCUT2D eigenvalue weighted by Gasteiger charge is 2.29. The molecule has 0 saturated heterocycles. The zero-order chi connectivity index (χ0) is 20.1. The quantitative estimate of drug-likeness (QED) is 0.364. The van der Waals surface area contributed by atoms with Gasteiger partial charge in [-0.1, -0.05) is 6.07 Å². The van der Waals surface area contributed by atoms with Crippen molar-refractivity contribution in [3.63, 3.8) is 0 Å². The Morgan fingerprint density at radius 3 is 2.22 bits per heavy atom. The van der Waals surface area contributed by atoms with Gasteiger partial charge in [-0.2, -0.15) is 0 Å². The zero-order valence-corrected chi connectivity index (χ0v) is 14.6. The van der Waals surface area contributed by atoms with E-state index in [0.717, 1.165) is 0 Å². The molecule has 2 unspecified atom stereocenters. The SMILES string of the molecule is CC(CC(c1ccc(O)c(O)c1)[C@@H](N)C(=O)O)OC(=O)c1ccc(O)cc1. The minimum Gasteiger partial charge on any atom is -0.508 e. The van der Waals surface area contributed by atoms with Crippen LogP contribution in [0.2, 0.25) is 0 Å². The van der Waals surface area contributed by atoms with Crippen LogP contribution in [0.5, 0.6) is 17.2 Å². The molecule has 8 nitrogen and oxygen atoms in total. The van der Waals surface area contributed by atoms with E-state index in [1.165, 1.54) is 42.5 Å². The van der Waals surface area contributed by atoms with Gasteiger partial charge in [0, 0.05) is 5.92 Å². The van der Waals surface area contributed by atoms with E-state index in [1.54, 1.807) is 6.92 Å². The second-order valence-electron chi connectivity index (χ2n) is 6.22. The zero-order valence-electron chi connectivity index (χ0n) is 14.6. The van der Waals surface area contributed by atoms with E-state index in [0.29, 0.717) is 5.56 Å². The number of ether oxygens (including phenoxy) is 1. The molecule has 3 atom stereocenters. The fraction of sp³-hybridized carbons (Fsp3) is 0.263. The number of carboxylic acids is 1. The lowest BCUT2D eigenvalue weighted by molar-refractivity contribution is -0.139. The monoisotopic (exact) mass is 375 g/mol. The molecule has 0 amide bonds. The highest BCUT2D eigenvalue weighted by molar-refractivity contribution is 5.89. The minimum absolute atomic E-state index is 0.0132. The van der Waals surface area contributed by atoms with E-state index in [4.69, 9.17) is 10.5 Å². The molecule has 6 N–H and O–H groups in total. The van der Waals surface area contributed by atoms with Gasteiger partial charge in [0.2, 0.25) is 0 Å². The summed E-state index contributed by atoms with van der Waals surface area (Å²) in [5.74, 6) is -3.36. The number of aliphatic carboxylic acids is 1. The molecule has 0 spiro atoms. The Balaban J connectivity index is 2.16. The molecule has 2 rings (SSSR count). The van der Waals surface area contributed by atoms with Gasteiger partial charge in [0.25, 0.3) is 0 Å². The van der Waals surface area contributed by atoms with Crippen LogP contribution < -0.4 is 5.73 Å². The van der Waals surface area contributed by atoms with Gasteiger partial charge in [0.05, 0.1) is 5.56 Å². The van der Waals surface area contributed by atoms with Crippen molar-refractivity contribution in [2.75, 3.05) is 0 Å². The maximum absolute atomic E-state index is 12.2. The number of aromatic hydroxyl groups is 3. The van der Waals surface area contributed by atoms with Crippen LogP contribution in [0.1, 0.15) is 35.2 Å². The normalized spacial score (nSPS) is 14.1. The largest absolute Gasteiger partial charge is 0.508 e. The highest BCUT2D eigenvalue weighted by Crippen LogP contribution is 2.32. The number of nitrogens with two attached hydrogens (primary N) is 1. The number of phenols is 3. The summed E-state index contributed by atoms with van der Waals surface area (Å²) in [6.45, 7) is 1.60. The van der Waals surface area contributed by atoms with Crippen molar-refractivity contribution >= 4 is 11.9 Å². The van der Waals surface area contributed by atoms with Crippen LogP contribution in [-0.4, -0.2) is 44.5 Å². The van der Waals surface area contributed by atoms with Crippen LogP contribution in [0.25, 0.3) is 0 Å². The van der Waals surface area contributed by atoms with Crippen molar-refractivity contribution in [1.29, 1.82) is 0 Å². The second kappa shape index (κ2) is 8.41. The minimum atomic E-state index is -1.30. The van der Waals surface area contributed by atoms with E-state index >= 15 is 0 Å². The molecule has 144 valence electrons. The third-order valence-electron chi connectivity index (χ3n) is 4.14. The Labute approximate surface area is 155 Å². The van der Waals surface area contributed by atoms with E-state index in [-0.39, 0.29) is 23.5 Å². The molecule has 0 saturated carbocycles. The summed E-state index contributed by atoms with van der Waals surface area (Å²) >= 11 is 0. The number of carboxylic acid groups (broad SMARTS) is 1. The summed E-state index contributed by atoms with van der Waals surface area (Å²) < 4.78 is 5.33. The van der Waals surface area contributed by atoms with E-state index in [9.17, 15) is 30.0 Å². The standard InChI is InChI=1S/C19H21NO7/c1-10(27-19(26)11-2-5-13(21)6-3-11)8-14(17(20)18(24)25)12-4-7-15(22)16(23)9-12/h2-7,9-10,14,17,21-23H,8,20H2,1H3,(H,24,25)/t10?,14?,17-/m1/s1. The number of phenolic OH excluding ortho intramolecular Hbond substituents is 3. The summed E-state index contributed by atoms with van der Waals surface area (Å²) in [5, 5.41) is 37.6. The van der Waals surface area contributed by atoms with Gasteiger partial charge in [0.15, 0.2) is 11.5 Å². The smallest absolute Gasteiger partial charge is 0.338 e. The van der Waals surface area contributed by atoms with Crippen LogP contribution in [0.4, 0.5) is 0 Å². The van der Waals surface area contributed by atoms with Crippen LogP contribution >= 0.6 is 0 Å². The van der Waals surface area contributed by atoms with Gasteiger partial charge < -0.3 is 30.9 Å². The molecule has 27 heavy (non-hydrogen) atoms. The van der Waals surface area contributed by atoms with E-state index in [1.807, 2.05) is 0 Å². The van der Waals surface area contributed by atoms with E-state index in [2.05, 4.69) is 0 Å². The van der Waals surface area contributed by atoms with Gasteiger partial charge in [-0.3, -0.25) is 4.79 Å². The van der Waals surface area contributed by atoms with Crippen molar-refractivity contribution in [2.24, 2.45) is 5.73 Å². The van der Waals surface area contributed by atoms with Gasteiger partial charge in [-0.15, -0.1) is 0 Å². The third-order valence-corrected chi connectivity index (χ3v) is 4.14. The predicted molar refractivity (Wildman–Crippen MR) is 95.7 cm³/mol. The first kappa shape index (κ1) is 20.1. The molecule has 2 aromatic rings. The molecular weight excluding hydrogens is 354 g/mol. The van der Waals surface area contributed by atoms with Crippen molar-refractivity contribution in [1.82, 2.24) is 0 Å². The van der Waals surface area contributed by atoms with Crippen molar-refractivity contribution < 1.29 is 34.8 Å². The second-order valence-corrected chi connectivity index (χ2v) is 6.22. The fourth-order valence-corrected chi connectivity index (χ4v) is 2.69. The molecular formula is C19H21NO7. The molecule has 0 aromatic heterocycles. The topological polar surface area (TPSA) is 150 Å². The number of benzene rings is 2. The highest BCUT2D eigenvalue weighted by atomic mass is 16.5. The summed E-state index contributed by atoms with van der Waals surface area (Å²) in [5.41, 5.74) is 6.41. The number of hydrogen-bond donors (Lipinski definition) is 5. The Hall–Kier alpha value is -3.26. The first-order valence-electron chi connectivity index (χ1n) is 8.19. The molecule has 0 aliphatic carbocycles. The van der Waals surface area contributed by atoms with Crippen LogP contribution in [0.3, 0.4) is 0 Å². The van der Waals surface area contributed by atoms with Crippen molar-refractivity contribution in [3.8, 4) is 17.2 Å². The lowest BCUT2D eigenvalue weighted by Crippen LogP contribution is -2.38. The number of hydrogen-bond acceptors (Lipinski definition) is 7. The lowest BCUT2D eigenvalue weighted by atomic mass is 9.87. The predicted octanol–water partition coefficient (Wildman–Crippen LogP) is 1.93. The third kappa shape index (κ3) is 5.11. The fourth-order valence-electron chi connectivity index (χ4n) is 2.69. The molecule has 8 heteroatoms. The number of carbonyl (C=O) groups excluding carboxylic acids is 1. The molecule has 2 aromatic carbocycles. The Morgan fingerprint density at radius 2 is 1.67 bits per heavy atom. The average molecular weight is 375 g/mol. The van der Waals surface area contributed by atoms with E-state index < -0.39 is 35.8 Å². The number of esters is 1. The molecule has 0 aliphatic heterocycles. The summed E-state index contributed by atoms with van der Waals surface area (Å²) in [6, 6.07) is 8.14. The van der Waals surface area contributed by atoms with Crippen LogP contribution in [-0.2, 0) is 9.53 Å². The Bertz CT molecular complexity index is 819. The lowest BCUT2D eigenvalue weighted by Gasteiger charge is -2.25. The van der Waals surface area contributed by atoms with Gasteiger partial charge in [-0.05, 0) is 55.3 Å². The Kier molecular flexibility index (Phi) is 6.25. The Morgan fingerprint density at radius 1 is 1.04 bits per heavy atom. The number of rotatable bonds is 7. The molecule has 0 bridgehead atoms. The van der Waals surface area contributed by atoms with Gasteiger partial charge in [0.1, 0.15) is 17.9 Å². The molecule has 0 radical (unpaired) electrons. The molecule has 0 fully saturated rings. The molecule has 0 heterocycles. The number of carbonyl (C=O) groups is 2. The van der Waals surface area contributed by atoms with Crippen LogP contribution in [0.15, 0.2) is 42.5 Å². The maximum atomic E-state index is 12.2. The summed E-state index contributed by atoms with van der Waals surface area (Å²) in [4.78, 5) is 23.5. The average Bonchev–Trinajstić information content (AvgIpc) is 2.62. The summed E-state index contributed by atoms with van der Waals surface area (Å²) in [6.07, 6.45) is -0.598. The molecule has 0 aliphatic rings. The van der Waals surface area contributed by atoms with Crippen LogP contribution in [0, 0.1) is 0 Å². The maximum Gasteiger partial charge on any atom is 0.338 e. The first-order chi connectivity index (χ1) is 12.7. The van der Waals surface area contributed by atoms with Gasteiger partial charge in [-0.25, -0.2) is 4.79 Å². The summed E-state index contributed by atoms with van der Waals surface area (Å²) in [7, 11) is 0. The first-order valence-corrected chi connectivity index (χ1v) is 8.19. The van der Waals surface area contributed by atoms with Gasteiger partial charge >= 0.3 is 11.9 Å². The van der Waals surface area contributed by atoms with Crippen molar-refractivity contribution in [2.45, 2.75) is 31.4 Å². The van der Waals surface area contributed by atoms with Crippen molar-refractivity contribution in [3.05, 3.63) is 53.6 Å².